The van der Waals surface area contributed by atoms with E-state index in [1.165, 1.54) is 0 Å². The van der Waals surface area contributed by atoms with E-state index in [-0.39, 0.29) is 11.6 Å². The summed E-state index contributed by atoms with van der Waals surface area (Å²) in [5, 5.41) is 8.91. The molecule has 70 valence electrons. The number of hydrogen-bond donors (Lipinski definition) is 1. The molecule has 12 heavy (non-hydrogen) atoms. The zero-order valence-electron chi connectivity index (χ0n) is 8.00. The fourth-order valence-electron chi connectivity index (χ4n) is 1.83. The predicted molar refractivity (Wildman–Crippen MR) is 47.1 cm³/mol. The SMILES string of the molecule is CC(C)(C)N1CCC[C@H]1C(=O)O. The Morgan fingerprint density at radius 3 is 2.42 bits per heavy atom. The summed E-state index contributed by atoms with van der Waals surface area (Å²) in [7, 11) is 0. The Labute approximate surface area is 73.4 Å². The molecule has 0 saturated carbocycles. The van der Waals surface area contributed by atoms with E-state index in [0.717, 1.165) is 19.4 Å². The van der Waals surface area contributed by atoms with Crippen LogP contribution in [0.5, 0.6) is 0 Å². The van der Waals surface area contributed by atoms with Crippen LogP contribution in [-0.4, -0.2) is 34.1 Å². The molecule has 0 unspecified atom stereocenters. The lowest BCUT2D eigenvalue weighted by Crippen LogP contribution is -2.47. The second-order valence-electron chi connectivity index (χ2n) is 4.36. The Hall–Kier alpha value is -0.570. The standard InChI is InChI=1S/C9H17NO2/c1-9(2,3)10-6-4-5-7(10)8(11)12/h7H,4-6H2,1-3H3,(H,11,12)/t7-/m0/s1. The Balaban J connectivity index is 2.71. The van der Waals surface area contributed by atoms with E-state index in [0.29, 0.717) is 0 Å². The average Bonchev–Trinajstić information content (AvgIpc) is 2.30. The summed E-state index contributed by atoms with van der Waals surface area (Å²) in [6, 6.07) is -0.259. The molecule has 1 N–H and O–H groups in total. The van der Waals surface area contributed by atoms with Gasteiger partial charge in [0, 0.05) is 5.54 Å². The van der Waals surface area contributed by atoms with Gasteiger partial charge < -0.3 is 5.11 Å². The fourth-order valence-corrected chi connectivity index (χ4v) is 1.83. The van der Waals surface area contributed by atoms with Gasteiger partial charge in [-0.05, 0) is 40.2 Å². The first kappa shape index (κ1) is 9.52. The molecule has 1 atom stereocenters. The van der Waals surface area contributed by atoms with Gasteiger partial charge in [0.1, 0.15) is 6.04 Å². The Kier molecular flexibility index (Phi) is 2.42. The number of aliphatic carboxylic acids is 1. The van der Waals surface area contributed by atoms with Gasteiger partial charge in [0.2, 0.25) is 0 Å². The largest absolute Gasteiger partial charge is 0.480 e. The Morgan fingerprint density at radius 1 is 1.50 bits per heavy atom. The molecule has 3 heteroatoms. The second-order valence-corrected chi connectivity index (χ2v) is 4.36. The van der Waals surface area contributed by atoms with Crippen molar-refractivity contribution in [1.29, 1.82) is 0 Å². The van der Waals surface area contributed by atoms with E-state index in [2.05, 4.69) is 25.7 Å². The molecule has 0 spiro atoms. The highest BCUT2D eigenvalue weighted by molar-refractivity contribution is 5.73. The van der Waals surface area contributed by atoms with Crippen LogP contribution < -0.4 is 0 Å². The summed E-state index contributed by atoms with van der Waals surface area (Å²) >= 11 is 0. The van der Waals surface area contributed by atoms with Gasteiger partial charge in [-0.15, -0.1) is 0 Å². The molecule has 0 aromatic rings. The lowest BCUT2D eigenvalue weighted by molar-refractivity contribution is -0.143. The van der Waals surface area contributed by atoms with Gasteiger partial charge in [-0.2, -0.15) is 0 Å². The molecule has 1 aliphatic rings. The predicted octanol–water partition coefficient (Wildman–Crippen LogP) is 1.33. The highest BCUT2D eigenvalue weighted by Crippen LogP contribution is 2.26. The Morgan fingerprint density at radius 2 is 2.08 bits per heavy atom. The molecule has 1 fully saturated rings. The first-order valence-corrected chi connectivity index (χ1v) is 4.42. The summed E-state index contributed by atoms with van der Waals surface area (Å²) in [4.78, 5) is 12.9. The zero-order valence-corrected chi connectivity index (χ0v) is 8.00. The van der Waals surface area contributed by atoms with Crippen LogP contribution in [0.25, 0.3) is 0 Å². The Bertz CT molecular complexity index is 183. The number of carboxylic acids is 1. The van der Waals surface area contributed by atoms with Crippen LogP contribution >= 0.6 is 0 Å². The van der Waals surface area contributed by atoms with Crippen LogP contribution in [0.15, 0.2) is 0 Å². The van der Waals surface area contributed by atoms with Gasteiger partial charge >= 0.3 is 5.97 Å². The third-order valence-electron chi connectivity index (χ3n) is 2.40. The number of likely N-dealkylation sites (tertiary alicyclic amines) is 1. The summed E-state index contributed by atoms with van der Waals surface area (Å²) in [5.74, 6) is -0.678. The summed E-state index contributed by atoms with van der Waals surface area (Å²) in [5.41, 5.74) is -0.0143. The zero-order chi connectivity index (χ0) is 9.35. The minimum atomic E-state index is -0.678. The van der Waals surface area contributed by atoms with E-state index in [1.807, 2.05) is 0 Å². The minimum Gasteiger partial charge on any atom is -0.480 e. The second kappa shape index (κ2) is 3.05. The lowest BCUT2D eigenvalue weighted by Gasteiger charge is -2.34. The maximum atomic E-state index is 10.8. The van der Waals surface area contributed by atoms with Crippen LogP contribution in [-0.2, 0) is 4.79 Å². The average molecular weight is 171 g/mol. The number of carbonyl (C=O) groups is 1. The maximum absolute atomic E-state index is 10.8. The molecule has 1 aliphatic heterocycles. The summed E-state index contributed by atoms with van der Waals surface area (Å²) in [6.07, 6.45) is 1.81. The van der Waals surface area contributed by atoms with Crippen molar-refractivity contribution >= 4 is 5.97 Å². The van der Waals surface area contributed by atoms with E-state index in [1.54, 1.807) is 0 Å². The monoisotopic (exact) mass is 171 g/mol. The summed E-state index contributed by atoms with van der Waals surface area (Å²) in [6.45, 7) is 7.11. The quantitative estimate of drug-likeness (QED) is 0.647. The van der Waals surface area contributed by atoms with Crippen molar-refractivity contribution in [2.24, 2.45) is 0 Å². The molecule has 0 radical (unpaired) electrons. The molecule has 3 nitrogen and oxygen atoms in total. The third-order valence-corrected chi connectivity index (χ3v) is 2.40. The number of rotatable bonds is 1. The van der Waals surface area contributed by atoms with Crippen LogP contribution in [0.4, 0.5) is 0 Å². The van der Waals surface area contributed by atoms with Crippen molar-refractivity contribution in [3.63, 3.8) is 0 Å². The van der Waals surface area contributed by atoms with Crippen LogP contribution in [0.2, 0.25) is 0 Å². The van der Waals surface area contributed by atoms with Gasteiger partial charge in [-0.1, -0.05) is 0 Å². The van der Waals surface area contributed by atoms with Gasteiger partial charge in [0.25, 0.3) is 0 Å². The van der Waals surface area contributed by atoms with Gasteiger partial charge in [-0.3, -0.25) is 9.69 Å². The molecular weight excluding hydrogens is 154 g/mol. The van der Waals surface area contributed by atoms with E-state index in [4.69, 9.17) is 5.11 Å². The first-order chi connectivity index (χ1) is 5.43. The molecule has 0 aliphatic carbocycles. The van der Waals surface area contributed by atoms with Gasteiger partial charge in [-0.25, -0.2) is 0 Å². The van der Waals surface area contributed by atoms with E-state index < -0.39 is 5.97 Å². The van der Waals surface area contributed by atoms with E-state index in [9.17, 15) is 4.79 Å². The van der Waals surface area contributed by atoms with Crippen molar-refractivity contribution in [3.8, 4) is 0 Å². The van der Waals surface area contributed by atoms with Crippen molar-refractivity contribution in [3.05, 3.63) is 0 Å². The normalized spacial score (nSPS) is 26.1. The lowest BCUT2D eigenvalue weighted by atomic mass is 10.0. The van der Waals surface area contributed by atoms with Crippen LogP contribution in [0.1, 0.15) is 33.6 Å². The van der Waals surface area contributed by atoms with E-state index >= 15 is 0 Å². The first-order valence-electron chi connectivity index (χ1n) is 4.42. The van der Waals surface area contributed by atoms with Crippen LogP contribution in [0, 0.1) is 0 Å². The maximum Gasteiger partial charge on any atom is 0.320 e. The van der Waals surface area contributed by atoms with Crippen molar-refractivity contribution in [2.75, 3.05) is 6.54 Å². The molecule has 1 rings (SSSR count). The summed E-state index contributed by atoms with van der Waals surface area (Å²) < 4.78 is 0. The topological polar surface area (TPSA) is 40.5 Å². The number of carboxylic acid groups (broad SMARTS) is 1. The molecule has 0 aromatic carbocycles. The fraction of sp³-hybridized carbons (Fsp3) is 0.889. The minimum absolute atomic E-state index is 0.0143. The molecule has 1 saturated heterocycles. The highest BCUT2D eigenvalue weighted by Gasteiger charge is 2.36. The van der Waals surface area contributed by atoms with Crippen LogP contribution in [0.3, 0.4) is 0 Å². The smallest absolute Gasteiger partial charge is 0.320 e. The molecule has 0 aromatic heterocycles. The molecule has 1 heterocycles. The van der Waals surface area contributed by atoms with Crippen molar-refractivity contribution < 1.29 is 9.90 Å². The van der Waals surface area contributed by atoms with Crippen molar-refractivity contribution in [1.82, 2.24) is 4.90 Å². The van der Waals surface area contributed by atoms with Crippen molar-refractivity contribution in [2.45, 2.75) is 45.2 Å². The molecule has 0 amide bonds. The number of hydrogen-bond acceptors (Lipinski definition) is 2. The van der Waals surface area contributed by atoms with Gasteiger partial charge in [0.15, 0.2) is 0 Å². The molecular formula is C9H17NO2. The van der Waals surface area contributed by atoms with Gasteiger partial charge in [0.05, 0.1) is 0 Å². The number of nitrogens with zero attached hydrogens (tertiary/aromatic N) is 1. The molecule has 0 bridgehead atoms. The highest BCUT2D eigenvalue weighted by atomic mass is 16.4. The third kappa shape index (κ3) is 1.78.